The molecule has 1 aliphatic rings. The number of amides is 1. The van der Waals surface area contributed by atoms with E-state index in [9.17, 15) is 14.0 Å². The molecule has 0 aromatic heterocycles. The van der Waals surface area contributed by atoms with Crippen molar-refractivity contribution in [1.29, 1.82) is 0 Å². The maximum absolute atomic E-state index is 14.0. The Morgan fingerprint density at radius 2 is 1.75 bits per heavy atom. The summed E-state index contributed by atoms with van der Waals surface area (Å²) in [5.74, 6) is -2.14. The maximum Gasteiger partial charge on any atom is 0.299 e. The number of nitrogens with zero attached hydrogens (tertiary/aromatic N) is 1. The number of hydrogen-bond acceptors (Lipinski definition) is 2. The van der Waals surface area contributed by atoms with Crippen molar-refractivity contribution in [2.24, 2.45) is 0 Å². The largest absolute Gasteiger partial charge is 0.299 e. The highest BCUT2D eigenvalue weighted by atomic mass is 35.5. The molecule has 0 unspecified atom stereocenters. The molecule has 1 heterocycles. The molecule has 100 valence electrons. The van der Waals surface area contributed by atoms with E-state index < -0.39 is 17.5 Å². The summed E-state index contributed by atoms with van der Waals surface area (Å²) in [5, 5.41) is 0.0929. The number of benzene rings is 2. The van der Waals surface area contributed by atoms with Crippen molar-refractivity contribution >= 4 is 29.0 Å². The van der Waals surface area contributed by atoms with Gasteiger partial charge in [-0.05, 0) is 17.7 Å². The van der Waals surface area contributed by atoms with Crippen LogP contribution in [0.4, 0.5) is 10.1 Å². The van der Waals surface area contributed by atoms with Gasteiger partial charge in [-0.2, -0.15) is 0 Å². The van der Waals surface area contributed by atoms with Gasteiger partial charge in [0.25, 0.3) is 11.7 Å². The SMILES string of the molecule is O=C1C(=O)N(Cc2ccccc2)c2c(F)ccc(Cl)c21. The second-order valence-electron chi connectivity index (χ2n) is 4.46. The predicted molar refractivity (Wildman–Crippen MR) is 73.4 cm³/mol. The fraction of sp³-hybridized carbons (Fsp3) is 0.0667. The van der Waals surface area contributed by atoms with Crippen LogP contribution in [0.3, 0.4) is 0 Å². The van der Waals surface area contributed by atoms with Gasteiger partial charge in [-0.15, -0.1) is 0 Å². The topological polar surface area (TPSA) is 37.4 Å². The molecule has 3 rings (SSSR count). The molecule has 1 aliphatic heterocycles. The average Bonchev–Trinajstić information content (AvgIpc) is 2.70. The first-order valence-corrected chi connectivity index (χ1v) is 6.35. The minimum absolute atomic E-state index is 0.0312. The number of hydrogen-bond donors (Lipinski definition) is 0. The van der Waals surface area contributed by atoms with Crippen molar-refractivity contribution in [1.82, 2.24) is 0 Å². The lowest BCUT2D eigenvalue weighted by Crippen LogP contribution is -2.29. The molecule has 0 radical (unpaired) electrons. The van der Waals surface area contributed by atoms with Crippen LogP contribution in [0.15, 0.2) is 42.5 Å². The molecule has 3 nitrogen and oxygen atoms in total. The molecule has 0 bridgehead atoms. The Morgan fingerprint density at radius 3 is 2.45 bits per heavy atom. The van der Waals surface area contributed by atoms with Crippen molar-refractivity contribution in [3.63, 3.8) is 0 Å². The van der Waals surface area contributed by atoms with Crippen molar-refractivity contribution in [2.45, 2.75) is 6.54 Å². The third-order valence-corrected chi connectivity index (χ3v) is 3.51. The van der Waals surface area contributed by atoms with Crippen molar-refractivity contribution in [2.75, 3.05) is 4.90 Å². The fourth-order valence-electron chi connectivity index (χ4n) is 2.27. The first kappa shape index (κ1) is 12.8. The summed E-state index contributed by atoms with van der Waals surface area (Å²) < 4.78 is 14.0. The summed E-state index contributed by atoms with van der Waals surface area (Å²) in [6, 6.07) is 11.5. The second kappa shape index (κ2) is 4.72. The van der Waals surface area contributed by atoms with Gasteiger partial charge in [0.2, 0.25) is 0 Å². The molecule has 5 heteroatoms. The number of rotatable bonds is 2. The van der Waals surface area contributed by atoms with Gasteiger partial charge in [0.15, 0.2) is 0 Å². The lowest BCUT2D eigenvalue weighted by Gasteiger charge is -2.17. The molecular weight excluding hydrogens is 281 g/mol. The molecule has 0 aliphatic carbocycles. The lowest BCUT2D eigenvalue weighted by molar-refractivity contribution is -0.114. The lowest BCUT2D eigenvalue weighted by atomic mass is 10.1. The van der Waals surface area contributed by atoms with E-state index >= 15 is 0 Å². The van der Waals surface area contributed by atoms with E-state index in [4.69, 9.17) is 11.6 Å². The summed E-state index contributed by atoms with van der Waals surface area (Å²) in [7, 11) is 0. The number of Topliss-reactive ketones (excluding diaryl/α,β-unsaturated/α-hetero) is 1. The van der Waals surface area contributed by atoms with Gasteiger partial charge in [0.05, 0.1) is 22.8 Å². The van der Waals surface area contributed by atoms with Gasteiger partial charge in [-0.3, -0.25) is 14.5 Å². The quantitative estimate of drug-likeness (QED) is 0.796. The first-order chi connectivity index (χ1) is 9.59. The van der Waals surface area contributed by atoms with E-state index in [1.54, 1.807) is 12.1 Å². The molecule has 0 N–H and O–H groups in total. The summed E-state index contributed by atoms with van der Waals surface area (Å²) in [6.07, 6.45) is 0. The van der Waals surface area contributed by atoms with Crippen LogP contribution < -0.4 is 4.90 Å². The highest BCUT2D eigenvalue weighted by Crippen LogP contribution is 2.37. The molecule has 20 heavy (non-hydrogen) atoms. The maximum atomic E-state index is 14.0. The number of carbonyl (C=O) groups is 2. The number of halogens is 2. The number of fused-ring (bicyclic) bond motifs is 1. The summed E-state index contributed by atoms with van der Waals surface area (Å²) in [6.45, 7) is 0.135. The molecule has 0 fully saturated rings. The summed E-state index contributed by atoms with van der Waals surface area (Å²) in [5.41, 5.74) is 0.727. The molecule has 2 aromatic rings. The Balaban J connectivity index is 2.09. The molecular formula is C15H9ClFNO2. The molecule has 2 aromatic carbocycles. The minimum atomic E-state index is -0.763. The zero-order valence-electron chi connectivity index (χ0n) is 10.3. The highest BCUT2D eigenvalue weighted by Gasteiger charge is 2.39. The summed E-state index contributed by atoms with van der Waals surface area (Å²) in [4.78, 5) is 25.1. The van der Waals surface area contributed by atoms with Gasteiger partial charge in [-0.1, -0.05) is 41.9 Å². The molecule has 0 saturated heterocycles. The Hall–Kier alpha value is -2.20. The van der Waals surface area contributed by atoms with E-state index in [2.05, 4.69) is 0 Å². The van der Waals surface area contributed by atoms with E-state index in [1.807, 2.05) is 18.2 Å². The number of ketones is 1. The molecule has 0 saturated carbocycles. The predicted octanol–water partition coefficient (Wildman–Crippen LogP) is 3.21. The van der Waals surface area contributed by atoms with Gasteiger partial charge in [0.1, 0.15) is 5.82 Å². The van der Waals surface area contributed by atoms with Crippen LogP contribution in [-0.4, -0.2) is 11.7 Å². The van der Waals surface area contributed by atoms with Crippen LogP contribution in [0.2, 0.25) is 5.02 Å². The number of carbonyl (C=O) groups excluding carboxylic acids is 2. The zero-order valence-corrected chi connectivity index (χ0v) is 11.0. The van der Waals surface area contributed by atoms with Crippen LogP contribution in [0.1, 0.15) is 15.9 Å². The van der Waals surface area contributed by atoms with Crippen molar-refractivity contribution in [3.8, 4) is 0 Å². The molecule has 0 atom stereocenters. The standard InChI is InChI=1S/C15H9ClFNO2/c16-10-6-7-11(17)13-12(10)14(19)15(20)18(13)8-9-4-2-1-3-5-9/h1-7H,8H2. The Kier molecular flexibility index (Phi) is 3.03. The van der Waals surface area contributed by atoms with Crippen LogP contribution in [-0.2, 0) is 11.3 Å². The monoisotopic (exact) mass is 289 g/mol. The van der Waals surface area contributed by atoms with Crippen LogP contribution >= 0.6 is 11.6 Å². The third-order valence-electron chi connectivity index (χ3n) is 3.20. The Bertz CT molecular complexity index is 715. The average molecular weight is 290 g/mol. The van der Waals surface area contributed by atoms with Crippen molar-refractivity contribution in [3.05, 3.63) is 64.4 Å². The van der Waals surface area contributed by atoms with E-state index in [0.29, 0.717) is 0 Å². The Morgan fingerprint density at radius 1 is 1.05 bits per heavy atom. The zero-order chi connectivity index (χ0) is 14.3. The third kappa shape index (κ3) is 1.89. The van der Waals surface area contributed by atoms with Gasteiger partial charge < -0.3 is 0 Å². The van der Waals surface area contributed by atoms with E-state index in [1.165, 1.54) is 6.07 Å². The molecule has 0 spiro atoms. The van der Waals surface area contributed by atoms with E-state index in [0.717, 1.165) is 16.5 Å². The highest BCUT2D eigenvalue weighted by molar-refractivity contribution is 6.55. The molecule has 1 amide bonds. The van der Waals surface area contributed by atoms with E-state index in [-0.39, 0.29) is 22.8 Å². The van der Waals surface area contributed by atoms with Gasteiger partial charge in [-0.25, -0.2) is 4.39 Å². The van der Waals surface area contributed by atoms with Gasteiger partial charge >= 0.3 is 0 Å². The minimum Gasteiger partial charge on any atom is -0.298 e. The number of anilines is 1. The summed E-state index contributed by atoms with van der Waals surface area (Å²) >= 11 is 5.90. The normalized spacial score (nSPS) is 13.8. The van der Waals surface area contributed by atoms with Crippen LogP contribution in [0, 0.1) is 5.82 Å². The smallest absolute Gasteiger partial charge is 0.298 e. The van der Waals surface area contributed by atoms with Crippen molar-refractivity contribution < 1.29 is 14.0 Å². The second-order valence-corrected chi connectivity index (χ2v) is 4.87. The van der Waals surface area contributed by atoms with Crippen LogP contribution in [0.25, 0.3) is 0 Å². The fourth-order valence-corrected chi connectivity index (χ4v) is 2.51. The van der Waals surface area contributed by atoms with Gasteiger partial charge in [0, 0.05) is 0 Å². The van der Waals surface area contributed by atoms with Crippen LogP contribution in [0.5, 0.6) is 0 Å². The Labute approximate surface area is 119 Å². The first-order valence-electron chi connectivity index (χ1n) is 5.97.